The summed E-state index contributed by atoms with van der Waals surface area (Å²) < 4.78 is 28.0. The van der Waals surface area contributed by atoms with Crippen LogP contribution < -0.4 is 15.2 Å². The molecular weight excluding hydrogens is 328 g/mol. The van der Waals surface area contributed by atoms with Crippen molar-refractivity contribution >= 4 is 33.2 Å². The summed E-state index contributed by atoms with van der Waals surface area (Å²) in [5.41, 5.74) is 0.669. The summed E-state index contributed by atoms with van der Waals surface area (Å²) >= 11 is 5.76. The van der Waals surface area contributed by atoms with E-state index in [0.29, 0.717) is 10.7 Å². The van der Waals surface area contributed by atoms with Crippen LogP contribution in [0.25, 0.3) is 0 Å². The minimum atomic E-state index is -4.00. The summed E-state index contributed by atoms with van der Waals surface area (Å²) in [6.07, 6.45) is 0. The van der Waals surface area contributed by atoms with Crippen LogP contribution in [-0.4, -0.2) is 21.4 Å². The molecule has 0 saturated carbocycles. The number of methoxy groups -OCH3 is 1. The minimum Gasteiger partial charge on any atom is -0.495 e. The molecule has 0 fully saturated rings. The normalized spacial score (nSPS) is 11.0. The lowest BCUT2D eigenvalue weighted by molar-refractivity contribution is 0.102. The molecule has 0 aromatic heterocycles. The van der Waals surface area contributed by atoms with Crippen molar-refractivity contribution in [2.75, 3.05) is 12.4 Å². The molecule has 1 amide bonds. The summed E-state index contributed by atoms with van der Waals surface area (Å²) in [6.45, 7) is 0. The molecule has 8 heteroatoms. The highest BCUT2D eigenvalue weighted by atomic mass is 35.5. The molecule has 0 atom stereocenters. The zero-order chi connectivity index (χ0) is 16.3. The monoisotopic (exact) mass is 340 g/mol. The molecular formula is C14H13ClN2O4S. The first-order valence-corrected chi connectivity index (χ1v) is 8.01. The first-order chi connectivity index (χ1) is 10.3. The standard InChI is InChI=1S/C14H13ClN2O4S/c1-21-12-7-2-9(8-13(12)22(16,19)20)14(18)17-11-5-3-10(15)4-6-11/h2-8H,1H3,(H,17,18)(H2,16,19,20). The Morgan fingerprint density at radius 2 is 1.82 bits per heavy atom. The van der Waals surface area contributed by atoms with Crippen LogP contribution in [0.1, 0.15) is 10.4 Å². The van der Waals surface area contributed by atoms with Gasteiger partial charge in [0.1, 0.15) is 10.6 Å². The van der Waals surface area contributed by atoms with Gasteiger partial charge in [-0.1, -0.05) is 11.6 Å². The highest BCUT2D eigenvalue weighted by molar-refractivity contribution is 7.89. The van der Waals surface area contributed by atoms with Crippen molar-refractivity contribution in [1.82, 2.24) is 0 Å². The van der Waals surface area contributed by atoms with Crippen molar-refractivity contribution < 1.29 is 17.9 Å². The molecule has 0 heterocycles. The number of hydrogen-bond acceptors (Lipinski definition) is 4. The number of primary sulfonamides is 1. The molecule has 116 valence electrons. The van der Waals surface area contributed by atoms with Gasteiger partial charge in [-0.3, -0.25) is 4.79 Å². The predicted molar refractivity (Wildman–Crippen MR) is 83.8 cm³/mol. The molecule has 0 aliphatic heterocycles. The molecule has 0 spiro atoms. The largest absolute Gasteiger partial charge is 0.495 e. The van der Waals surface area contributed by atoms with Gasteiger partial charge in [0.25, 0.3) is 5.91 Å². The van der Waals surface area contributed by atoms with E-state index in [0.717, 1.165) is 0 Å². The fourth-order valence-electron chi connectivity index (χ4n) is 1.78. The molecule has 0 aliphatic carbocycles. The van der Waals surface area contributed by atoms with E-state index in [1.54, 1.807) is 24.3 Å². The van der Waals surface area contributed by atoms with Gasteiger partial charge in [-0.05, 0) is 42.5 Å². The summed E-state index contributed by atoms with van der Waals surface area (Å²) in [5, 5.41) is 8.29. The summed E-state index contributed by atoms with van der Waals surface area (Å²) in [5.74, 6) is -0.402. The van der Waals surface area contributed by atoms with Crippen LogP contribution in [0.5, 0.6) is 5.75 Å². The van der Waals surface area contributed by atoms with E-state index in [9.17, 15) is 13.2 Å². The van der Waals surface area contributed by atoms with Crippen molar-refractivity contribution in [2.24, 2.45) is 5.14 Å². The first-order valence-electron chi connectivity index (χ1n) is 6.09. The van der Waals surface area contributed by atoms with Gasteiger partial charge < -0.3 is 10.1 Å². The third-order valence-electron chi connectivity index (χ3n) is 2.83. The van der Waals surface area contributed by atoms with Crippen LogP contribution in [0.3, 0.4) is 0 Å². The van der Waals surface area contributed by atoms with Gasteiger partial charge in [-0.25, -0.2) is 13.6 Å². The van der Waals surface area contributed by atoms with Crippen LogP contribution in [0.4, 0.5) is 5.69 Å². The summed E-state index contributed by atoms with van der Waals surface area (Å²) in [6, 6.07) is 10.5. The van der Waals surface area contributed by atoms with Crippen molar-refractivity contribution in [3.63, 3.8) is 0 Å². The molecule has 0 saturated heterocycles. The third kappa shape index (κ3) is 3.76. The van der Waals surface area contributed by atoms with E-state index >= 15 is 0 Å². The lowest BCUT2D eigenvalue weighted by Crippen LogP contribution is -2.16. The maximum Gasteiger partial charge on any atom is 0.255 e. The number of sulfonamides is 1. The number of carbonyl (C=O) groups excluding carboxylic acids is 1. The van der Waals surface area contributed by atoms with Crippen LogP contribution in [0.2, 0.25) is 5.02 Å². The zero-order valence-electron chi connectivity index (χ0n) is 11.5. The van der Waals surface area contributed by atoms with E-state index in [1.807, 2.05) is 0 Å². The van der Waals surface area contributed by atoms with E-state index < -0.39 is 15.9 Å². The van der Waals surface area contributed by atoms with E-state index in [1.165, 1.54) is 25.3 Å². The SMILES string of the molecule is COc1ccc(C(=O)Nc2ccc(Cl)cc2)cc1S(N)(=O)=O. The number of ether oxygens (including phenoxy) is 1. The number of hydrogen-bond donors (Lipinski definition) is 2. The molecule has 0 bridgehead atoms. The summed E-state index contributed by atoms with van der Waals surface area (Å²) in [7, 11) is -2.69. The molecule has 3 N–H and O–H groups in total. The zero-order valence-corrected chi connectivity index (χ0v) is 13.1. The molecule has 2 rings (SSSR count). The van der Waals surface area contributed by atoms with Gasteiger partial charge >= 0.3 is 0 Å². The van der Waals surface area contributed by atoms with E-state index in [4.69, 9.17) is 21.5 Å². The number of benzene rings is 2. The molecule has 22 heavy (non-hydrogen) atoms. The maximum atomic E-state index is 12.2. The highest BCUT2D eigenvalue weighted by Gasteiger charge is 2.18. The molecule has 0 radical (unpaired) electrons. The third-order valence-corrected chi connectivity index (χ3v) is 4.02. The van der Waals surface area contributed by atoms with Gasteiger partial charge in [0.05, 0.1) is 7.11 Å². The second-order valence-electron chi connectivity index (χ2n) is 4.37. The average molecular weight is 341 g/mol. The van der Waals surface area contributed by atoms with Gasteiger partial charge in [0.2, 0.25) is 10.0 Å². The van der Waals surface area contributed by atoms with Crippen LogP contribution in [-0.2, 0) is 10.0 Å². The summed E-state index contributed by atoms with van der Waals surface area (Å²) in [4.78, 5) is 11.9. The van der Waals surface area contributed by atoms with Crippen LogP contribution in [0, 0.1) is 0 Å². The molecule has 2 aromatic carbocycles. The van der Waals surface area contributed by atoms with Crippen molar-refractivity contribution in [3.05, 3.63) is 53.1 Å². The van der Waals surface area contributed by atoms with Gasteiger partial charge in [-0.2, -0.15) is 0 Å². The van der Waals surface area contributed by atoms with Gasteiger partial charge in [0, 0.05) is 16.3 Å². The number of rotatable bonds is 4. The Bertz CT molecular complexity index is 804. The van der Waals surface area contributed by atoms with Gasteiger partial charge in [-0.15, -0.1) is 0 Å². The maximum absolute atomic E-state index is 12.2. The number of nitrogens with two attached hydrogens (primary N) is 1. The lowest BCUT2D eigenvalue weighted by atomic mass is 10.2. The van der Waals surface area contributed by atoms with Crippen molar-refractivity contribution in [3.8, 4) is 5.75 Å². The predicted octanol–water partition coefficient (Wildman–Crippen LogP) is 2.25. The molecule has 6 nitrogen and oxygen atoms in total. The molecule has 2 aromatic rings. The number of anilines is 1. The van der Waals surface area contributed by atoms with Gasteiger partial charge in [0.15, 0.2) is 0 Å². The average Bonchev–Trinajstić information content (AvgIpc) is 2.48. The van der Waals surface area contributed by atoms with E-state index in [2.05, 4.69) is 5.32 Å². The highest BCUT2D eigenvalue weighted by Crippen LogP contribution is 2.24. The lowest BCUT2D eigenvalue weighted by Gasteiger charge is -2.10. The number of carbonyl (C=O) groups is 1. The fraction of sp³-hybridized carbons (Fsp3) is 0.0714. The topological polar surface area (TPSA) is 98.5 Å². The Hall–Kier alpha value is -2.09. The number of amides is 1. The Morgan fingerprint density at radius 1 is 1.18 bits per heavy atom. The quantitative estimate of drug-likeness (QED) is 0.891. The fourth-order valence-corrected chi connectivity index (χ4v) is 2.63. The Balaban J connectivity index is 2.32. The Kier molecular flexibility index (Phi) is 4.70. The van der Waals surface area contributed by atoms with Crippen LogP contribution >= 0.6 is 11.6 Å². The Morgan fingerprint density at radius 3 is 2.36 bits per heavy atom. The molecule has 0 aliphatic rings. The van der Waals surface area contributed by atoms with Crippen molar-refractivity contribution in [2.45, 2.75) is 4.90 Å². The first kappa shape index (κ1) is 16.3. The van der Waals surface area contributed by atoms with Crippen molar-refractivity contribution in [1.29, 1.82) is 0 Å². The van der Waals surface area contributed by atoms with Crippen LogP contribution in [0.15, 0.2) is 47.4 Å². The smallest absolute Gasteiger partial charge is 0.255 e. The minimum absolute atomic E-state index is 0.0746. The number of nitrogens with one attached hydrogen (secondary N) is 1. The Labute approximate surface area is 132 Å². The number of halogens is 1. The molecule has 0 unspecified atom stereocenters. The second kappa shape index (κ2) is 6.35. The second-order valence-corrected chi connectivity index (χ2v) is 6.34. The van der Waals surface area contributed by atoms with E-state index in [-0.39, 0.29) is 16.2 Å².